The lowest BCUT2D eigenvalue weighted by Gasteiger charge is -2.25. The van der Waals surface area contributed by atoms with Gasteiger partial charge in [0.05, 0.1) is 18.2 Å². The van der Waals surface area contributed by atoms with Crippen molar-refractivity contribution in [1.29, 1.82) is 0 Å². The molecule has 0 radical (unpaired) electrons. The van der Waals surface area contributed by atoms with Gasteiger partial charge in [-0.15, -0.1) is 0 Å². The van der Waals surface area contributed by atoms with Crippen LogP contribution in [-0.4, -0.2) is 44.2 Å². The highest BCUT2D eigenvalue weighted by atomic mass is 79.9. The van der Waals surface area contributed by atoms with Crippen LogP contribution in [0.1, 0.15) is 51.4 Å². The molecule has 1 fully saturated rings. The van der Waals surface area contributed by atoms with Crippen LogP contribution >= 0.6 is 15.9 Å². The maximum Gasteiger partial charge on any atom is 0.355 e. The number of aliphatic hydroxyl groups excluding tert-OH is 1. The van der Waals surface area contributed by atoms with Crippen LogP contribution in [0.15, 0.2) is 58.8 Å². The molecule has 0 saturated carbocycles. The summed E-state index contributed by atoms with van der Waals surface area (Å²) in [4.78, 5) is 47.4. The molecule has 3 heterocycles. The lowest BCUT2D eigenvalue weighted by Crippen LogP contribution is -2.29. The van der Waals surface area contributed by atoms with E-state index in [-0.39, 0.29) is 30.2 Å². The molecule has 0 bridgehead atoms. The fraction of sp³-hybridized carbons (Fsp3) is 0.231. The third-order valence-corrected chi connectivity index (χ3v) is 6.43. The number of aliphatic hydroxyl groups is 1. The summed E-state index contributed by atoms with van der Waals surface area (Å²) in [6.45, 7) is 5.37. The summed E-state index contributed by atoms with van der Waals surface area (Å²) in [5.41, 5.74) is 2.76. The topological polar surface area (TPSA) is 113 Å². The molecule has 1 aliphatic heterocycles. The molecule has 1 aliphatic rings. The molecule has 0 unspecified atom stereocenters. The third-order valence-electron chi connectivity index (χ3n) is 5.93. The fourth-order valence-corrected chi connectivity index (χ4v) is 4.82. The number of carbonyl (C=O) groups is 3. The first-order valence-electron chi connectivity index (χ1n) is 11.0. The second kappa shape index (κ2) is 9.87. The van der Waals surface area contributed by atoms with E-state index in [1.165, 1.54) is 4.90 Å². The van der Waals surface area contributed by atoms with Gasteiger partial charge in [0.25, 0.3) is 11.7 Å². The van der Waals surface area contributed by atoms with Crippen molar-refractivity contribution >= 4 is 39.3 Å². The van der Waals surface area contributed by atoms with Crippen LogP contribution in [0.3, 0.4) is 0 Å². The van der Waals surface area contributed by atoms with Gasteiger partial charge in [-0.3, -0.25) is 14.6 Å². The van der Waals surface area contributed by atoms with Crippen molar-refractivity contribution in [3.63, 3.8) is 0 Å². The number of Topliss-reactive ketones (excluding diaryl/α,β-unsaturated/α-hetero) is 1. The van der Waals surface area contributed by atoms with Gasteiger partial charge in [-0.2, -0.15) is 0 Å². The highest BCUT2D eigenvalue weighted by Crippen LogP contribution is 2.42. The van der Waals surface area contributed by atoms with Crippen molar-refractivity contribution in [3.05, 3.63) is 92.5 Å². The van der Waals surface area contributed by atoms with E-state index < -0.39 is 23.7 Å². The molecule has 0 spiro atoms. The highest BCUT2D eigenvalue weighted by Gasteiger charge is 2.46. The van der Waals surface area contributed by atoms with Gasteiger partial charge in [0.15, 0.2) is 0 Å². The molecule has 2 N–H and O–H groups in total. The Morgan fingerprint density at radius 2 is 2.00 bits per heavy atom. The van der Waals surface area contributed by atoms with Crippen LogP contribution in [0.2, 0.25) is 0 Å². The zero-order chi connectivity index (χ0) is 25.3. The number of esters is 1. The van der Waals surface area contributed by atoms with Crippen LogP contribution < -0.4 is 0 Å². The lowest BCUT2D eigenvalue weighted by atomic mass is 9.94. The summed E-state index contributed by atoms with van der Waals surface area (Å²) < 4.78 is 5.86. The third kappa shape index (κ3) is 4.51. The number of likely N-dealkylation sites (tertiary alicyclic amines) is 1. The fourth-order valence-electron chi connectivity index (χ4n) is 4.40. The second-order valence-electron chi connectivity index (χ2n) is 8.19. The Kier molecular flexibility index (Phi) is 6.88. The van der Waals surface area contributed by atoms with Crippen LogP contribution in [0.4, 0.5) is 0 Å². The van der Waals surface area contributed by atoms with Crippen molar-refractivity contribution < 1.29 is 24.2 Å². The van der Waals surface area contributed by atoms with E-state index in [9.17, 15) is 19.5 Å². The van der Waals surface area contributed by atoms with E-state index >= 15 is 0 Å². The Bertz CT molecular complexity index is 1350. The Labute approximate surface area is 210 Å². The zero-order valence-electron chi connectivity index (χ0n) is 19.5. The first-order valence-corrected chi connectivity index (χ1v) is 11.8. The minimum Gasteiger partial charge on any atom is -0.507 e. The Balaban J connectivity index is 1.90. The summed E-state index contributed by atoms with van der Waals surface area (Å²) in [5, 5.41) is 11.5. The van der Waals surface area contributed by atoms with Crippen LogP contribution in [0.25, 0.3) is 5.76 Å². The number of nitrogens with zero attached hydrogens (tertiary/aromatic N) is 2. The molecule has 3 aromatic rings. The predicted molar refractivity (Wildman–Crippen MR) is 132 cm³/mol. The molecule has 4 rings (SSSR count). The number of ether oxygens (including phenoxy) is 1. The van der Waals surface area contributed by atoms with Gasteiger partial charge in [-0.1, -0.05) is 34.1 Å². The number of halogens is 1. The monoisotopic (exact) mass is 537 g/mol. The normalized spacial score (nSPS) is 17.1. The summed E-state index contributed by atoms with van der Waals surface area (Å²) >= 11 is 3.45. The maximum atomic E-state index is 13.3. The Hall–Kier alpha value is -3.72. The van der Waals surface area contributed by atoms with Crippen LogP contribution in [0, 0.1) is 13.8 Å². The highest BCUT2D eigenvalue weighted by molar-refractivity contribution is 9.10. The summed E-state index contributed by atoms with van der Waals surface area (Å²) in [6.07, 6.45) is 3.26. The van der Waals surface area contributed by atoms with E-state index in [0.29, 0.717) is 22.4 Å². The standard InChI is InChI=1S/C26H24BrN3O5/c1-4-35-26(34)21-14(2)19(15(3)29-21)23(31)20-22(17-8-5-9-18(27)11-17)30(25(33)24(20)32)13-16-7-6-10-28-12-16/h5-12,22,29,31H,4,13H2,1-3H3/b23-20+/t22-/m0/s1. The largest absolute Gasteiger partial charge is 0.507 e. The summed E-state index contributed by atoms with van der Waals surface area (Å²) in [6, 6.07) is 9.97. The SMILES string of the molecule is CCOC(=O)c1[nH]c(C)c(/C(O)=C2\C(=O)C(=O)N(Cc3cccnc3)[C@H]2c2cccc(Br)c2)c1C. The molecule has 1 aromatic carbocycles. The van der Waals surface area contributed by atoms with Gasteiger partial charge in [-0.25, -0.2) is 4.79 Å². The number of pyridine rings is 1. The van der Waals surface area contributed by atoms with Gasteiger partial charge in [0, 0.05) is 34.7 Å². The number of ketones is 1. The molecule has 0 aliphatic carbocycles. The van der Waals surface area contributed by atoms with Crippen molar-refractivity contribution in [2.24, 2.45) is 0 Å². The molecular weight excluding hydrogens is 514 g/mol. The van der Waals surface area contributed by atoms with E-state index in [4.69, 9.17) is 4.74 Å². The molecular formula is C26H24BrN3O5. The molecule has 8 nitrogen and oxygen atoms in total. The minimum absolute atomic E-state index is 0.0439. The van der Waals surface area contributed by atoms with Gasteiger partial charge in [0.1, 0.15) is 11.5 Å². The van der Waals surface area contributed by atoms with E-state index in [1.807, 2.05) is 12.1 Å². The molecule has 1 saturated heterocycles. The zero-order valence-corrected chi connectivity index (χ0v) is 21.0. The van der Waals surface area contributed by atoms with Crippen LogP contribution in [0.5, 0.6) is 0 Å². The number of aromatic amines is 1. The average Bonchev–Trinajstić information content (AvgIpc) is 3.27. The van der Waals surface area contributed by atoms with E-state index in [0.717, 1.165) is 10.0 Å². The van der Waals surface area contributed by atoms with Crippen molar-refractivity contribution in [3.8, 4) is 0 Å². The predicted octanol–water partition coefficient (Wildman–Crippen LogP) is 4.59. The number of H-pyrrole nitrogens is 1. The smallest absolute Gasteiger partial charge is 0.355 e. The quantitative estimate of drug-likeness (QED) is 0.206. The summed E-state index contributed by atoms with van der Waals surface area (Å²) in [7, 11) is 0. The maximum absolute atomic E-state index is 13.3. The Morgan fingerprint density at radius 1 is 1.23 bits per heavy atom. The number of carbonyl (C=O) groups excluding carboxylic acids is 3. The van der Waals surface area contributed by atoms with Gasteiger partial charge in [0.2, 0.25) is 0 Å². The number of aromatic nitrogens is 2. The van der Waals surface area contributed by atoms with E-state index in [2.05, 4.69) is 25.9 Å². The molecule has 35 heavy (non-hydrogen) atoms. The van der Waals surface area contributed by atoms with Gasteiger partial charge < -0.3 is 19.7 Å². The van der Waals surface area contributed by atoms with E-state index in [1.54, 1.807) is 57.4 Å². The lowest BCUT2D eigenvalue weighted by molar-refractivity contribution is -0.140. The summed E-state index contributed by atoms with van der Waals surface area (Å²) in [5.74, 6) is -2.43. The Morgan fingerprint density at radius 3 is 2.66 bits per heavy atom. The molecule has 180 valence electrons. The molecule has 2 aromatic heterocycles. The number of hydrogen-bond acceptors (Lipinski definition) is 6. The van der Waals surface area contributed by atoms with Crippen molar-refractivity contribution in [2.75, 3.05) is 6.61 Å². The molecule has 9 heteroatoms. The number of amides is 1. The number of benzene rings is 1. The number of hydrogen-bond donors (Lipinski definition) is 2. The van der Waals surface area contributed by atoms with Gasteiger partial charge >= 0.3 is 5.97 Å². The molecule has 1 atom stereocenters. The first kappa shape index (κ1) is 24.4. The minimum atomic E-state index is -0.840. The van der Waals surface area contributed by atoms with Crippen LogP contribution in [-0.2, 0) is 20.9 Å². The van der Waals surface area contributed by atoms with Crippen molar-refractivity contribution in [2.45, 2.75) is 33.4 Å². The number of rotatable bonds is 6. The first-order chi connectivity index (χ1) is 16.7. The number of nitrogens with one attached hydrogen (secondary N) is 1. The van der Waals surface area contributed by atoms with Crippen molar-refractivity contribution in [1.82, 2.24) is 14.9 Å². The van der Waals surface area contributed by atoms with Gasteiger partial charge in [-0.05, 0) is 55.7 Å². The number of aryl methyl sites for hydroxylation is 1. The average molecular weight is 538 g/mol. The molecule has 1 amide bonds. The second-order valence-corrected chi connectivity index (χ2v) is 9.10.